The van der Waals surface area contributed by atoms with Crippen LogP contribution in [0.25, 0.3) is 0 Å². The summed E-state index contributed by atoms with van der Waals surface area (Å²) in [4.78, 5) is 0. The van der Waals surface area contributed by atoms with Gasteiger partial charge in [-0.3, -0.25) is 0 Å². The zero-order chi connectivity index (χ0) is 10.0. The van der Waals surface area contributed by atoms with Crippen molar-refractivity contribution < 1.29 is 0 Å². The van der Waals surface area contributed by atoms with Crippen molar-refractivity contribution in [1.82, 2.24) is 5.32 Å². The van der Waals surface area contributed by atoms with Crippen LogP contribution in [0.1, 0.15) is 52.4 Å². The van der Waals surface area contributed by atoms with Gasteiger partial charge in [0.15, 0.2) is 0 Å². The molecule has 82 valence electrons. The first-order valence-electron chi connectivity index (χ1n) is 6.36. The van der Waals surface area contributed by atoms with Crippen LogP contribution in [-0.4, -0.2) is 13.1 Å². The van der Waals surface area contributed by atoms with Crippen LogP contribution in [0.2, 0.25) is 0 Å². The lowest BCUT2D eigenvalue weighted by atomic mass is 9.71. The lowest BCUT2D eigenvalue weighted by molar-refractivity contribution is 0.173. The Morgan fingerprint density at radius 1 is 1.07 bits per heavy atom. The summed E-state index contributed by atoms with van der Waals surface area (Å²) in [7, 11) is 0. The molecule has 2 aliphatic rings. The van der Waals surface area contributed by atoms with Gasteiger partial charge in [0, 0.05) is 0 Å². The molecule has 1 N–H and O–H groups in total. The third kappa shape index (κ3) is 2.73. The third-order valence-corrected chi connectivity index (χ3v) is 4.29. The molecule has 1 heterocycles. The third-order valence-electron chi connectivity index (χ3n) is 4.29. The molecule has 0 bridgehead atoms. The number of hydrogen-bond acceptors (Lipinski definition) is 1. The SMILES string of the molecule is CC1(C)CCC(CC2CCNC2)CC1. The summed E-state index contributed by atoms with van der Waals surface area (Å²) in [5, 5.41) is 3.48. The second-order valence-corrected chi connectivity index (χ2v) is 6.20. The van der Waals surface area contributed by atoms with E-state index >= 15 is 0 Å². The van der Waals surface area contributed by atoms with Crippen LogP contribution in [0.5, 0.6) is 0 Å². The normalized spacial score (nSPS) is 33.4. The summed E-state index contributed by atoms with van der Waals surface area (Å²) >= 11 is 0. The molecule has 0 aromatic heterocycles. The van der Waals surface area contributed by atoms with Gasteiger partial charge in [0.05, 0.1) is 0 Å². The highest BCUT2D eigenvalue weighted by Gasteiger charge is 2.28. The van der Waals surface area contributed by atoms with Crippen LogP contribution < -0.4 is 5.32 Å². The maximum Gasteiger partial charge on any atom is -0.00199 e. The van der Waals surface area contributed by atoms with E-state index in [0.29, 0.717) is 5.41 Å². The van der Waals surface area contributed by atoms with Gasteiger partial charge in [0.2, 0.25) is 0 Å². The maximum absolute atomic E-state index is 3.48. The fourth-order valence-electron chi connectivity index (χ4n) is 3.08. The van der Waals surface area contributed by atoms with Crippen LogP contribution in [0, 0.1) is 17.3 Å². The minimum Gasteiger partial charge on any atom is -0.316 e. The molecule has 0 aromatic rings. The molecule has 1 aliphatic carbocycles. The van der Waals surface area contributed by atoms with Crippen molar-refractivity contribution in [3.63, 3.8) is 0 Å². The highest BCUT2D eigenvalue weighted by atomic mass is 14.9. The van der Waals surface area contributed by atoms with Crippen LogP contribution in [0.4, 0.5) is 0 Å². The van der Waals surface area contributed by atoms with E-state index in [1.807, 2.05) is 0 Å². The second kappa shape index (κ2) is 4.22. The van der Waals surface area contributed by atoms with Gasteiger partial charge in [-0.15, -0.1) is 0 Å². The molecule has 1 saturated heterocycles. The molecule has 14 heavy (non-hydrogen) atoms. The summed E-state index contributed by atoms with van der Waals surface area (Å²) in [6.45, 7) is 7.42. The predicted molar refractivity (Wildman–Crippen MR) is 61.3 cm³/mol. The highest BCUT2D eigenvalue weighted by Crippen LogP contribution is 2.40. The molecular weight excluding hydrogens is 170 g/mol. The summed E-state index contributed by atoms with van der Waals surface area (Å²) < 4.78 is 0. The van der Waals surface area contributed by atoms with Gasteiger partial charge in [-0.2, -0.15) is 0 Å². The van der Waals surface area contributed by atoms with Gasteiger partial charge < -0.3 is 5.32 Å². The van der Waals surface area contributed by atoms with Gasteiger partial charge in [0.25, 0.3) is 0 Å². The quantitative estimate of drug-likeness (QED) is 0.713. The Morgan fingerprint density at radius 3 is 2.36 bits per heavy atom. The minimum atomic E-state index is 0.643. The summed E-state index contributed by atoms with van der Waals surface area (Å²) in [6, 6.07) is 0. The number of nitrogens with one attached hydrogen (secondary N) is 1. The molecule has 2 fully saturated rings. The summed E-state index contributed by atoms with van der Waals surface area (Å²) in [5.74, 6) is 2.05. The average molecular weight is 195 g/mol. The molecule has 0 aromatic carbocycles. The number of rotatable bonds is 2. The molecule has 1 atom stereocenters. The van der Waals surface area contributed by atoms with E-state index in [4.69, 9.17) is 0 Å². The molecule has 1 saturated carbocycles. The van der Waals surface area contributed by atoms with E-state index in [9.17, 15) is 0 Å². The zero-order valence-corrected chi connectivity index (χ0v) is 9.81. The molecule has 1 heteroatoms. The van der Waals surface area contributed by atoms with E-state index < -0.39 is 0 Å². The molecule has 0 spiro atoms. The van der Waals surface area contributed by atoms with Crippen LogP contribution in [0.15, 0.2) is 0 Å². The van der Waals surface area contributed by atoms with E-state index in [-0.39, 0.29) is 0 Å². The van der Waals surface area contributed by atoms with E-state index in [1.165, 1.54) is 51.6 Å². The van der Waals surface area contributed by atoms with E-state index in [2.05, 4.69) is 19.2 Å². The Kier molecular flexibility index (Phi) is 3.16. The fraction of sp³-hybridized carbons (Fsp3) is 1.00. The largest absolute Gasteiger partial charge is 0.316 e. The van der Waals surface area contributed by atoms with Crippen molar-refractivity contribution in [2.75, 3.05) is 13.1 Å². The fourth-order valence-corrected chi connectivity index (χ4v) is 3.08. The van der Waals surface area contributed by atoms with Crippen molar-refractivity contribution in [3.8, 4) is 0 Å². The Morgan fingerprint density at radius 2 is 1.79 bits per heavy atom. The first-order valence-corrected chi connectivity index (χ1v) is 6.36. The minimum absolute atomic E-state index is 0.643. The Bertz CT molecular complexity index is 170. The molecule has 1 aliphatic heterocycles. The second-order valence-electron chi connectivity index (χ2n) is 6.20. The number of hydrogen-bond donors (Lipinski definition) is 1. The molecule has 1 nitrogen and oxygen atoms in total. The summed E-state index contributed by atoms with van der Waals surface area (Å²) in [5.41, 5.74) is 0.643. The van der Waals surface area contributed by atoms with Gasteiger partial charge in [-0.1, -0.05) is 13.8 Å². The molecule has 0 amide bonds. The first kappa shape index (κ1) is 10.5. The van der Waals surface area contributed by atoms with Crippen LogP contribution >= 0.6 is 0 Å². The van der Waals surface area contributed by atoms with Gasteiger partial charge in [0.1, 0.15) is 0 Å². The topological polar surface area (TPSA) is 12.0 Å². The van der Waals surface area contributed by atoms with Crippen LogP contribution in [0.3, 0.4) is 0 Å². The smallest absolute Gasteiger partial charge is 0.00199 e. The van der Waals surface area contributed by atoms with Crippen molar-refractivity contribution in [1.29, 1.82) is 0 Å². The van der Waals surface area contributed by atoms with Gasteiger partial charge >= 0.3 is 0 Å². The lowest BCUT2D eigenvalue weighted by Crippen LogP contribution is -2.23. The molecule has 0 radical (unpaired) electrons. The first-order chi connectivity index (χ1) is 6.66. The predicted octanol–water partition coefficient (Wildman–Crippen LogP) is 3.20. The Hall–Kier alpha value is -0.0400. The van der Waals surface area contributed by atoms with E-state index in [1.54, 1.807) is 0 Å². The van der Waals surface area contributed by atoms with Crippen LogP contribution in [-0.2, 0) is 0 Å². The molecule has 2 rings (SSSR count). The average Bonchev–Trinajstić information content (AvgIpc) is 2.61. The van der Waals surface area contributed by atoms with Crippen molar-refractivity contribution in [3.05, 3.63) is 0 Å². The standard InChI is InChI=1S/C13H25N/c1-13(2)6-3-11(4-7-13)9-12-5-8-14-10-12/h11-12,14H,3-10H2,1-2H3. The summed E-state index contributed by atoms with van der Waals surface area (Å²) in [6.07, 6.45) is 8.83. The monoisotopic (exact) mass is 195 g/mol. The van der Waals surface area contributed by atoms with Crippen molar-refractivity contribution >= 4 is 0 Å². The highest BCUT2D eigenvalue weighted by molar-refractivity contribution is 4.81. The molecular formula is C13H25N. The maximum atomic E-state index is 3.48. The zero-order valence-electron chi connectivity index (χ0n) is 9.81. The van der Waals surface area contributed by atoms with Crippen molar-refractivity contribution in [2.45, 2.75) is 52.4 Å². The Balaban J connectivity index is 1.72. The lowest BCUT2D eigenvalue weighted by Gasteiger charge is -2.35. The van der Waals surface area contributed by atoms with Crippen molar-refractivity contribution in [2.24, 2.45) is 17.3 Å². The Labute approximate surface area is 88.7 Å². The van der Waals surface area contributed by atoms with Gasteiger partial charge in [-0.25, -0.2) is 0 Å². The van der Waals surface area contributed by atoms with Gasteiger partial charge in [-0.05, 0) is 68.9 Å². The van der Waals surface area contributed by atoms with E-state index in [0.717, 1.165) is 11.8 Å². The molecule has 1 unspecified atom stereocenters.